The Balaban J connectivity index is 2.81. The van der Waals surface area contributed by atoms with Gasteiger partial charge in [0.1, 0.15) is 5.03 Å². The van der Waals surface area contributed by atoms with Crippen LogP contribution in [0, 0.1) is 0 Å². The molecule has 0 aliphatic rings. The van der Waals surface area contributed by atoms with Gasteiger partial charge in [0.05, 0.1) is 24.8 Å². The van der Waals surface area contributed by atoms with Crippen molar-refractivity contribution in [1.82, 2.24) is 4.98 Å². The van der Waals surface area contributed by atoms with Gasteiger partial charge in [-0.15, -0.1) is 0 Å². The van der Waals surface area contributed by atoms with E-state index in [2.05, 4.69) is 4.98 Å². The molecule has 0 radical (unpaired) electrons. The van der Waals surface area contributed by atoms with Crippen molar-refractivity contribution in [3.05, 3.63) is 18.3 Å². The molecule has 0 aliphatic carbocycles. The van der Waals surface area contributed by atoms with Crippen molar-refractivity contribution in [1.29, 1.82) is 0 Å². The molecule has 1 heterocycles. The molecule has 1 aromatic rings. The molecule has 1 aromatic heterocycles. The van der Waals surface area contributed by atoms with Crippen LogP contribution in [-0.4, -0.2) is 12.1 Å². The number of nitrogens with zero attached hydrogens (tertiary/aromatic N) is 1. The fourth-order valence-corrected chi connectivity index (χ4v) is 0.978. The van der Waals surface area contributed by atoms with Gasteiger partial charge in [-0.3, -0.25) is 0 Å². The first kappa shape index (κ1) is 7.37. The van der Waals surface area contributed by atoms with Gasteiger partial charge < -0.3 is 9.92 Å². The van der Waals surface area contributed by atoms with Gasteiger partial charge in [-0.1, -0.05) is 0 Å². The van der Waals surface area contributed by atoms with Crippen molar-refractivity contribution in [3.8, 4) is 0 Å². The normalized spacial score (nSPS) is 9.70. The summed E-state index contributed by atoms with van der Waals surface area (Å²) in [7, 11) is 1.58. The minimum absolute atomic E-state index is 0.648. The number of aromatic nitrogens is 1. The lowest BCUT2D eigenvalue weighted by Gasteiger charge is -1.98. The molecule has 0 saturated carbocycles. The molecule has 0 atom stereocenters. The van der Waals surface area contributed by atoms with Crippen molar-refractivity contribution < 1.29 is 4.18 Å². The van der Waals surface area contributed by atoms with Crippen LogP contribution < -0.4 is 5.73 Å². The fraction of sp³-hybridized carbons (Fsp3) is 0.167. The van der Waals surface area contributed by atoms with Crippen molar-refractivity contribution in [2.24, 2.45) is 0 Å². The van der Waals surface area contributed by atoms with E-state index in [4.69, 9.17) is 9.92 Å². The molecule has 0 aliphatic heterocycles. The maximum absolute atomic E-state index is 5.54. The van der Waals surface area contributed by atoms with E-state index >= 15 is 0 Å². The van der Waals surface area contributed by atoms with Gasteiger partial charge in [-0.2, -0.15) is 0 Å². The van der Waals surface area contributed by atoms with E-state index in [1.807, 2.05) is 0 Å². The molecule has 0 unspecified atom stereocenters. The monoisotopic (exact) mass is 156 g/mol. The van der Waals surface area contributed by atoms with Crippen LogP contribution in [0.4, 0.5) is 5.69 Å². The van der Waals surface area contributed by atoms with Crippen LogP contribution in [0.25, 0.3) is 0 Å². The Hall–Kier alpha value is -0.740. The van der Waals surface area contributed by atoms with Gasteiger partial charge in [0.15, 0.2) is 0 Å². The molecule has 54 valence electrons. The molecule has 4 heteroatoms. The number of nitrogen functional groups attached to an aromatic ring is 1. The highest BCUT2D eigenvalue weighted by molar-refractivity contribution is 7.94. The van der Waals surface area contributed by atoms with Gasteiger partial charge in [0, 0.05) is 6.20 Å². The molecule has 2 N–H and O–H groups in total. The van der Waals surface area contributed by atoms with E-state index in [0.717, 1.165) is 0 Å². The Morgan fingerprint density at radius 3 is 3.10 bits per heavy atom. The van der Waals surface area contributed by atoms with E-state index in [9.17, 15) is 0 Å². The first-order valence-corrected chi connectivity index (χ1v) is 3.50. The molecule has 0 spiro atoms. The molecular formula is C6H8N2OS. The van der Waals surface area contributed by atoms with Gasteiger partial charge in [-0.25, -0.2) is 4.98 Å². The van der Waals surface area contributed by atoms with Crippen LogP contribution in [0.2, 0.25) is 0 Å². The van der Waals surface area contributed by atoms with Crippen molar-refractivity contribution in [3.63, 3.8) is 0 Å². The van der Waals surface area contributed by atoms with Crippen molar-refractivity contribution >= 4 is 17.7 Å². The SMILES string of the molecule is COSc1ncccc1N. The second kappa shape index (κ2) is 3.43. The summed E-state index contributed by atoms with van der Waals surface area (Å²) < 4.78 is 4.78. The summed E-state index contributed by atoms with van der Waals surface area (Å²) in [5, 5.41) is 0.713. The number of rotatable bonds is 2. The summed E-state index contributed by atoms with van der Waals surface area (Å²) >= 11 is 1.17. The summed E-state index contributed by atoms with van der Waals surface area (Å²) in [6.07, 6.45) is 1.68. The summed E-state index contributed by atoms with van der Waals surface area (Å²) in [6.45, 7) is 0. The molecule has 0 saturated heterocycles. The lowest BCUT2D eigenvalue weighted by Crippen LogP contribution is -1.89. The van der Waals surface area contributed by atoms with Crippen LogP contribution in [0.15, 0.2) is 23.4 Å². The summed E-state index contributed by atoms with van der Waals surface area (Å²) in [4.78, 5) is 3.98. The van der Waals surface area contributed by atoms with Crippen molar-refractivity contribution in [2.75, 3.05) is 12.8 Å². The number of nitrogens with two attached hydrogens (primary N) is 1. The Labute approximate surface area is 63.8 Å². The van der Waals surface area contributed by atoms with Crippen LogP contribution in [0.1, 0.15) is 0 Å². The topological polar surface area (TPSA) is 48.1 Å². The summed E-state index contributed by atoms with van der Waals surface area (Å²) in [5.41, 5.74) is 6.19. The minimum Gasteiger partial charge on any atom is -0.396 e. The third kappa shape index (κ3) is 1.62. The quantitative estimate of drug-likeness (QED) is 0.656. The smallest absolute Gasteiger partial charge is 0.146 e. The third-order valence-corrected chi connectivity index (χ3v) is 1.63. The lowest BCUT2D eigenvalue weighted by molar-refractivity contribution is 0.488. The molecule has 0 fully saturated rings. The zero-order chi connectivity index (χ0) is 7.40. The summed E-state index contributed by atoms with van der Waals surface area (Å²) in [5.74, 6) is 0. The second-order valence-electron chi connectivity index (χ2n) is 1.65. The predicted octanol–water partition coefficient (Wildman–Crippen LogP) is 1.32. The van der Waals surface area contributed by atoms with Crippen LogP contribution >= 0.6 is 12.0 Å². The molecular weight excluding hydrogens is 148 g/mol. The van der Waals surface area contributed by atoms with Gasteiger partial charge in [-0.05, 0) is 12.1 Å². The predicted molar refractivity (Wildman–Crippen MR) is 41.5 cm³/mol. The Morgan fingerprint density at radius 2 is 2.50 bits per heavy atom. The van der Waals surface area contributed by atoms with E-state index < -0.39 is 0 Å². The first-order valence-electron chi connectivity index (χ1n) is 2.75. The van der Waals surface area contributed by atoms with Crippen LogP contribution in [0.3, 0.4) is 0 Å². The van der Waals surface area contributed by atoms with E-state index in [-0.39, 0.29) is 0 Å². The molecule has 10 heavy (non-hydrogen) atoms. The van der Waals surface area contributed by atoms with E-state index in [0.29, 0.717) is 10.7 Å². The van der Waals surface area contributed by atoms with Crippen LogP contribution in [0.5, 0.6) is 0 Å². The molecule has 0 bridgehead atoms. The third-order valence-electron chi connectivity index (χ3n) is 0.963. The largest absolute Gasteiger partial charge is 0.396 e. The Kier molecular flexibility index (Phi) is 2.53. The van der Waals surface area contributed by atoms with Crippen molar-refractivity contribution in [2.45, 2.75) is 5.03 Å². The second-order valence-corrected chi connectivity index (χ2v) is 2.53. The maximum atomic E-state index is 5.54. The van der Waals surface area contributed by atoms with E-state index in [1.165, 1.54) is 12.0 Å². The average molecular weight is 156 g/mol. The first-order chi connectivity index (χ1) is 4.84. The van der Waals surface area contributed by atoms with Gasteiger partial charge in [0.25, 0.3) is 0 Å². The maximum Gasteiger partial charge on any atom is 0.146 e. The zero-order valence-electron chi connectivity index (χ0n) is 5.57. The molecule has 3 nitrogen and oxygen atoms in total. The standard InChI is InChI=1S/C6H8N2OS/c1-9-10-6-5(7)3-2-4-8-6/h2-4H,7H2,1H3. The fourth-order valence-electron chi connectivity index (χ4n) is 0.552. The number of pyridine rings is 1. The van der Waals surface area contributed by atoms with Gasteiger partial charge >= 0.3 is 0 Å². The Morgan fingerprint density at radius 1 is 1.70 bits per heavy atom. The highest BCUT2D eigenvalue weighted by atomic mass is 32.2. The Bertz CT molecular complexity index is 217. The number of hydrogen-bond acceptors (Lipinski definition) is 4. The van der Waals surface area contributed by atoms with Crippen LogP contribution in [-0.2, 0) is 4.18 Å². The number of hydrogen-bond donors (Lipinski definition) is 1. The average Bonchev–Trinajstić information content (AvgIpc) is 1.94. The minimum atomic E-state index is 0.648. The highest BCUT2D eigenvalue weighted by Crippen LogP contribution is 2.20. The summed E-state index contributed by atoms with van der Waals surface area (Å²) in [6, 6.07) is 3.57. The highest BCUT2D eigenvalue weighted by Gasteiger charge is 1.97. The molecule has 1 rings (SSSR count). The molecule has 0 amide bonds. The lowest BCUT2D eigenvalue weighted by atomic mass is 10.4. The molecule has 0 aromatic carbocycles. The van der Waals surface area contributed by atoms with Gasteiger partial charge in [0.2, 0.25) is 0 Å². The number of anilines is 1. The van der Waals surface area contributed by atoms with E-state index in [1.54, 1.807) is 25.4 Å². The zero-order valence-corrected chi connectivity index (χ0v) is 6.39.